The molecule has 0 atom stereocenters. The summed E-state index contributed by atoms with van der Waals surface area (Å²) < 4.78 is 43.8. The maximum absolute atomic E-state index is 13.1. The van der Waals surface area contributed by atoms with Crippen LogP contribution in [0.4, 0.5) is 11.6 Å². The van der Waals surface area contributed by atoms with Gasteiger partial charge in [-0.25, -0.2) is 0 Å². The van der Waals surface area contributed by atoms with Crippen LogP contribution in [-0.2, 0) is 27.2 Å². The van der Waals surface area contributed by atoms with Gasteiger partial charge in [0.05, 0.1) is 13.2 Å². The second-order valence-electron chi connectivity index (χ2n) is 19.7. The molecule has 1 spiro atoms. The molecule has 6 aliphatic heterocycles. The first-order valence-electron chi connectivity index (χ1n) is 23.7. The van der Waals surface area contributed by atoms with Crippen LogP contribution in [0.25, 0.3) is 21.5 Å². The zero-order chi connectivity index (χ0) is 46.7. The Morgan fingerprint density at radius 1 is 0.618 bits per heavy atom. The summed E-state index contributed by atoms with van der Waals surface area (Å²) in [6.07, 6.45) is 1.40. The van der Waals surface area contributed by atoms with E-state index in [0.717, 1.165) is 56.3 Å². The number of benzene rings is 4. The van der Waals surface area contributed by atoms with Crippen molar-refractivity contribution in [3.8, 4) is 0 Å². The average Bonchev–Trinajstić information content (AvgIpc) is 4.05. The van der Waals surface area contributed by atoms with Crippen molar-refractivity contribution in [3.63, 3.8) is 0 Å². The van der Waals surface area contributed by atoms with Crippen LogP contribution in [0.15, 0.2) is 117 Å². The summed E-state index contributed by atoms with van der Waals surface area (Å²) in [6, 6.07) is 35.2. The van der Waals surface area contributed by atoms with Gasteiger partial charge in [-0.1, -0.05) is 0 Å². The van der Waals surface area contributed by atoms with Crippen molar-refractivity contribution < 1.29 is 35.7 Å². The number of carbonyl (C=O) groups excluding carboxylic acids is 1. The van der Waals surface area contributed by atoms with Crippen molar-refractivity contribution in [2.75, 3.05) is 53.2 Å². The number of rotatable bonds is 19. The van der Waals surface area contributed by atoms with E-state index in [1.807, 2.05) is 0 Å². The second kappa shape index (κ2) is 15.1. The zero-order valence-corrected chi connectivity index (χ0v) is 42.1. The quantitative estimate of drug-likeness (QED) is 0.0821. The zero-order valence-electron chi connectivity index (χ0n) is 39.1. The third kappa shape index (κ3) is 5.46. The number of hydrogen-bond donors (Lipinski definition) is 2. The van der Waals surface area contributed by atoms with E-state index in [-0.39, 0.29) is 12.5 Å². The number of nitrogens with zero attached hydrogens (tertiary/aromatic N) is 8. The number of nitrogens with one attached hydrogen (secondary N) is 1. The van der Waals surface area contributed by atoms with E-state index < -0.39 is 24.4 Å². The summed E-state index contributed by atoms with van der Waals surface area (Å²) in [5.41, 5.74) is 11.6. The molecule has 0 saturated carbocycles. The number of methoxy groups -OCH3 is 1. The Balaban J connectivity index is 1.17. The van der Waals surface area contributed by atoms with Crippen molar-refractivity contribution in [1.29, 1.82) is 0 Å². The van der Waals surface area contributed by atoms with E-state index in [2.05, 4.69) is 146 Å². The van der Waals surface area contributed by atoms with Gasteiger partial charge in [0.1, 0.15) is 0 Å². The molecule has 4 aromatic carbocycles. The standard InChI is InChI=1S/C49H56N10O6Si3/c1-61-26-27-62-28-29-63-32-41(60)51-25-15-31-67(4,5)65-68(64-66(2,3)30-14-24-50)56-42-33-16-6-7-17-34(33)43(56)53-45-37-20-10-11-21-38(37)47(58(45)68)55-49-40-23-13-12-22-39(40)48(59(49)68)54-46-36-19-9-8-18-35(36)44(52-42)57(46)68/h6-13,16-23H,14-15,24-32,50H2,1-5H3,(H,51,60). The summed E-state index contributed by atoms with van der Waals surface area (Å²) in [5.74, 6) is 4.09. The summed E-state index contributed by atoms with van der Waals surface area (Å²) in [4.78, 5) is 36.3. The Morgan fingerprint density at radius 3 is 1.62 bits per heavy atom. The molecule has 12 rings (SSSR count). The third-order valence-electron chi connectivity index (χ3n) is 14.4. The summed E-state index contributed by atoms with van der Waals surface area (Å²) in [6.45, 7) is 11.8. The Morgan fingerprint density at radius 2 is 1.09 bits per heavy atom. The van der Waals surface area contributed by atoms with E-state index in [4.69, 9.17) is 48.1 Å². The van der Waals surface area contributed by atoms with Crippen LogP contribution in [0.1, 0.15) is 35.1 Å². The first kappa shape index (κ1) is 43.4. The van der Waals surface area contributed by atoms with Gasteiger partial charge in [0.25, 0.3) is 0 Å². The maximum atomic E-state index is 13.1. The van der Waals surface area contributed by atoms with E-state index in [0.29, 0.717) is 97.9 Å². The molecule has 19 heteroatoms. The fourth-order valence-corrected chi connectivity index (χ4v) is 34.4. The second-order valence-corrected chi connectivity index (χ2v) is 34.0. The summed E-state index contributed by atoms with van der Waals surface area (Å²) >= 11 is 0. The van der Waals surface area contributed by atoms with Crippen molar-refractivity contribution in [2.45, 2.75) is 51.1 Å². The molecule has 16 nitrogen and oxygen atoms in total. The molecule has 6 aromatic rings. The number of hydrogen-bond acceptors (Lipinski definition) is 11. The Kier molecular flexibility index (Phi) is 9.61. The van der Waals surface area contributed by atoms with Gasteiger partial charge in [0, 0.05) is 7.11 Å². The van der Waals surface area contributed by atoms with Gasteiger partial charge in [-0.2, -0.15) is 0 Å². The van der Waals surface area contributed by atoms with E-state index in [1.54, 1.807) is 7.11 Å². The molecule has 0 aliphatic carbocycles. The van der Waals surface area contributed by atoms with Crippen LogP contribution in [0.2, 0.25) is 38.3 Å². The molecule has 0 fully saturated rings. The topological polar surface area (TPSA) is 167 Å². The number of fused-ring (bicyclic) bond motifs is 12. The summed E-state index contributed by atoms with van der Waals surface area (Å²) in [5, 5.41) is 6.88. The number of carbonyl (C=O) groups is 1. The van der Waals surface area contributed by atoms with Crippen molar-refractivity contribution in [2.24, 2.45) is 25.7 Å². The molecule has 1 amide bonds. The van der Waals surface area contributed by atoms with Crippen LogP contribution in [0.5, 0.6) is 0 Å². The van der Waals surface area contributed by atoms with Crippen LogP contribution in [-0.4, -0.2) is 124 Å². The van der Waals surface area contributed by atoms with Gasteiger partial charge in [0.2, 0.25) is 0 Å². The molecular formula is C49H56N10O6Si3. The van der Waals surface area contributed by atoms with Gasteiger partial charge in [-0.05, 0) is 0 Å². The van der Waals surface area contributed by atoms with Gasteiger partial charge in [-0.15, -0.1) is 0 Å². The molecule has 8 heterocycles. The van der Waals surface area contributed by atoms with Gasteiger partial charge in [0.15, 0.2) is 0 Å². The number of aliphatic imine (C=N–C) groups is 2. The number of nitrogens with two attached hydrogens (primary N) is 1. The molecular weight excluding hydrogens is 909 g/mol. The molecule has 0 unspecified atom stereocenters. The van der Waals surface area contributed by atoms with Crippen molar-refractivity contribution >= 4 is 86.8 Å². The van der Waals surface area contributed by atoms with E-state index >= 15 is 0 Å². The van der Waals surface area contributed by atoms with Crippen LogP contribution < -0.4 is 22.0 Å². The molecule has 2 aromatic heterocycles. The Bertz CT molecular complexity index is 3310. The number of aromatic nitrogens is 2. The van der Waals surface area contributed by atoms with Crippen LogP contribution >= 0.6 is 0 Å². The monoisotopic (exact) mass is 964 g/mol. The van der Waals surface area contributed by atoms with Crippen LogP contribution in [0.3, 0.4) is 0 Å². The predicted molar refractivity (Wildman–Crippen MR) is 268 cm³/mol. The average molecular weight is 965 g/mol. The molecule has 6 aliphatic rings. The van der Waals surface area contributed by atoms with Gasteiger partial charge < -0.3 is 4.74 Å². The minimum absolute atomic E-state index is 0.0564. The first-order chi connectivity index (χ1) is 32.9. The molecule has 0 radical (unpaired) electrons. The van der Waals surface area contributed by atoms with Gasteiger partial charge >= 0.3 is 372 Å². The van der Waals surface area contributed by atoms with E-state index in [1.165, 1.54) is 0 Å². The molecule has 3 N–H and O–H groups in total. The van der Waals surface area contributed by atoms with Gasteiger partial charge in [-0.3, -0.25) is 0 Å². The number of ether oxygens (including phenoxy) is 3. The molecule has 350 valence electrons. The fourth-order valence-electron chi connectivity index (χ4n) is 12.1. The van der Waals surface area contributed by atoms with Crippen LogP contribution in [0, 0.1) is 0 Å². The Hall–Kier alpha value is -5.88. The Labute approximate surface area is 395 Å². The minimum atomic E-state index is -6.76. The molecule has 0 bridgehead atoms. The third-order valence-corrected chi connectivity index (χ3v) is 31.1. The fraction of sp³-hybridized carbons (Fsp3) is 0.327. The first-order valence-corrected chi connectivity index (χ1v) is 32.6. The normalized spacial score (nSPS) is 18.9. The number of amidine groups is 4. The molecule has 68 heavy (non-hydrogen) atoms. The number of amides is 1. The predicted octanol–water partition coefficient (Wildman–Crippen LogP) is 5.30. The van der Waals surface area contributed by atoms with E-state index in [9.17, 15) is 4.79 Å². The SMILES string of the molecule is COCCOCCOCC(=O)NCCC[Si](C)(C)O[Si-2]123(O[Si](C)(C)CCCN)n4c5c6ccccc6c4N=C4c6ccccc6C(=[N+]41)N=c1c4ccccc4c(n12)=NC1=[N+]3C(=N5)c2ccccc21. The summed E-state index contributed by atoms with van der Waals surface area (Å²) in [7, 11) is -11.3. The van der Waals surface area contributed by atoms with Crippen molar-refractivity contribution in [3.05, 3.63) is 130 Å². The molecule has 0 saturated heterocycles. The van der Waals surface area contributed by atoms with Crippen molar-refractivity contribution in [1.82, 2.24) is 13.8 Å².